The van der Waals surface area contributed by atoms with Crippen LogP contribution in [0, 0.1) is 30.9 Å². The van der Waals surface area contributed by atoms with E-state index in [1.165, 1.54) is 6.07 Å². The van der Waals surface area contributed by atoms with Gasteiger partial charge in [0.05, 0.1) is 32.9 Å². The van der Waals surface area contributed by atoms with Gasteiger partial charge in [0.25, 0.3) is 11.6 Å². The molecule has 31 heavy (non-hydrogen) atoms. The van der Waals surface area contributed by atoms with Crippen LogP contribution in [0.2, 0.25) is 0 Å². The van der Waals surface area contributed by atoms with E-state index in [0.29, 0.717) is 28.0 Å². The van der Waals surface area contributed by atoms with Crippen molar-refractivity contribution >= 4 is 28.2 Å². The number of nitrogens with one attached hydrogen (secondary N) is 1. The lowest BCUT2D eigenvalue weighted by molar-refractivity contribution is -0.385. The minimum atomic E-state index is -0.453. The molecular weight excluding hydrogens is 390 g/mol. The van der Waals surface area contributed by atoms with Gasteiger partial charge in [0.1, 0.15) is 0 Å². The van der Waals surface area contributed by atoms with Gasteiger partial charge in [0.2, 0.25) is 0 Å². The van der Waals surface area contributed by atoms with Crippen molar-refractivity contribution in [2.75, 3.05) is 5.32 Å². The third-order valence-corrected chi connectivity index (χ3v) is 5.38. The molecule has 0 radical (unpaired) electrons. The standard InChI is InChI=1S/C25H21N3O3/c1-15-11-12-16(2)19(13-15)23-14-20(18-7-4-5-8-22(18)26-23)25(29)27-21-9-6-10-24(17(21)3)28(30)31/h4-14H,1-3H3,(H,27,29). The van der Waals surface area contributed by atoms with E-state index in [-0.39, 0.29) is 11.6 Å². The number of nitrogens with zero attached hydrogens (tertiary/aromatic N) is 2. The highest BCUT2D eigenvalue weighted by Crippen LogP contribution is 2.30. The zero-order valence-electron chi connectivity index (χ0n) is 17.5. The van der Waals surface area contributed by atoms with Gasteiger partial charge in [-0.25, -0.2) is 4.98 Å². The predicted octanol–water partition coefficient (Wildman–Crippen LogP) is 5.99. The molecule has 0 atom stereocenters. The maximum atomic E-state index is 13.3. The average molecular weight is 411 g/mol. The lowest BCUT2D eigenvalue weighted by atomic mass is 9.99. The van der Waals surface area contributed by atoms with E-state index in [9.17, 15) is 14.9 Å². The summed E-state index contributed by atoms with van der Waals surface area (Å²) in [6, 6.07) is 20.0. The molecule has 6 heteroatoms. The van der Waals surface area contributed by atoms with Crippen LogP contribution in [-0.2, 0) is 0 Å². The molecule has 0 bridgehead atoms. The Hall–Kier alpha value is -4.06. The van der Waals surface area contributed by atoms with E-state index < -0.39 is 4.92 Å². The van der Waals surface area contributed by atoms with Crippen molar-refractivity contribution in [2.45, 2.75) is 20.8 Å². The summed E-state index contributed by atoms with van der Waals surface area (Å²) in [4.78, 5) is 28.9. The van der Waals surface area contributed by atoms with Crippen LogP contribution in [0.15, 0.2) is 66.7 Å². The second-order valence-corrected chi connectivity index (χ2v) is 7.55. The minimum Gasteiger partial charge on any atom is -0.321 e. The van der Waals surface area contributed by atoms with E-state index in [4.69, 9.17) is 4.98 Å². The van der Waals surface area contributed by atoms with E-state index in [1.807, 2.05) is 50.2 Å². The van der Waals surface area contributed by atoms with Crippen LogP contribution in [0.1, 0.15) is 27.0 Å². The van der Waals surface area contributed by atoms with E-state index in [2.05, 4.69) is 11.4 Å². The number of nitro groups is 1. The molecule has 1 heterocycles. The van der Waals surface area contributed by atoms with Gasteiger partial charge in [-0.05, 0) is 50.6 Å². The van der Waals surface area contributed by atoms with Crippen molar-refractivity contribution in [3.8, 4) is 11.3 Å². The van der Waals surface area contributed by atoms with Gasteiger partial charge in [0.15, 0.2) is 0 Å². The van der Waals surface area contributed by atoms with Gasteiger partial charge in [-0.15, -0.1) is 0 Å². The first-order valence-electron chi connectivity index (χ1n) is 9.88. The number of pyridine rings is 1. The fourth-order valence-corrected chi connectivity index (χ4v) is 3.66. The monoisotopic (exact) mass is 411 g/mol. The topological polar surface area (TPSA) is 85.1 Å². The van der Waals surface area contributed by atoms with Gasteiger partial charge < -0.3 is 5.32 Å². The van der Waals surface area contributed by atoms with Crippen molar-refractivity contribution < 1.29 is 9.72 Å². The number of rotatable bonds is 4. The van der Waals surface area contributed by atoms with E-state index in [0.717, 1.165) is 22.1 Å². The number of benzene rings is 3. The number of fused-ring (bicyclic) bond motifs is 1. The summed E-state index contributed by atoms with van der Waals surface area (Å²) in [5.41, 5.74) is 5.81. The van der Waals surface area contributed by atoms with Crippen molar-refractivity contribution in [3.63, 3.8) is 0 Å². The molecule has 1 N–H and O–H groups in total. The molecule has 154 valence electrons. The first kappa shape index (κ1) is 20.2. The highest BCUT2D eigenvalue weighted by molar-refractivity contribution is 6.13. The number of hydrogen-bond donors (Lipinski definition) is 1. The average Bonchev–Trinajstić information content (AvgIpc) is 2.75. The van der Waals surface area contributed by atoms with Crippen LogP contribution in [-0.4, -0.2) is 15.8 Å². The van der Waals surface area contributed by atoms with Gasteiger partial charge in [-0.3, -0.25) is 14.9 Å². The Balaban J connectivity index is 1.84. The lowest BCUT2D eigenvalue weighted by Gasteiger charge is -2.13. The summed E-state index contributed by atoms with van der Waals surface area (Å²) in [6.45, 7) is 5.65. The molecule has 4 rings (SSSR count). The Labute approximate surface area is 179 Å². The maximum Gasteiger partial charge on any atom is 0.274 e. The van der Waals surface area contributed by atoms with Gasteiger partial charge >= 0.3 is 0 Å². The van der Waals surface area contributed by atoms with Gasteiger partial charge in [-0.2, -0.15) is 0 Å². The van der Waals surface area contributed by atoms with E-state index >= 15 is 0 Å². The normalized spacial score (nSPS) is 10.8. The Kier molecular flexibility index (Phi) is 5.21. The molecule has 0 aliphatic rings. The van der Waals surface area contributed by atoms with Crippen LogP contribution in [0.25, 0.3) is 22.2 Å². The Bertz CT molecular complexity index is 1350. The Morgan fingerprint density at radius 1 is 0.968 bits per heavy atom. The lowest BCUT2D eigenvalue weighted by Crippen LogP contribution is -2.14. The Morgan fingerprint density at radius 3 is 2.52 bits per heavy atom. The number of hydrogen-bond acceptors (Lipinski definition) is 4. The zero-order chi connectivity index (χ0) is 22.1. The molecule has 1 amide bonds. The number of amides is 1. The van der Waals surface area contributed by atoms with Gasteiger partial charge in [0, 0.05) is 17.0 Å². The molecular formula is C25H21N3O3. The quantitative estimate of drug-likeness (QED) is 0.330. The van der Waals surface area contributed by atoms with Crippen LogP contribution in [0.3, 0.4) is 0 Å². The summed E-state index contributed by atoms with van der Waals surface area (Å²) in [6.07, 6.45) is 0. The molecule has 0 spiro atoms. The molecule has 3 aromatic carbocycles. The van der Waals surface area contributed by atoms with Crippen LogP contribution < -0.4 is 5.32 Å². The molecule has 1 aromatic heterocycles. The van der Waals surface area contributed by atoms with Crippen LogP contribution >= 0.6 is 0 Å². The number of aryl methyl sites for hydroxylation is 2. The van der Waals surface area contributed by atoms with Crippen molar-refractivity contribution in [1.82, 2.24) is 4.98 Å². The summed E-state index contributed by atoms with van der Waals surface area (Å²) in [7, 11) is 0. The molecule has 0 aliphatic carbocycles. The first-order chi connectivity index (χ1) is 14.8. The number of aromatic nitrogens is 1. The van der Waals surface area contributed by atoms with Crippen molar-refractivity contribution in [2.24, 2.45) is 0 Å². The van der Waals surface area contributed by atoms with E-state index in [1.54, 1.807) is 25.1 Å². The second-order valence-electron chi connectivity index (χ2n) is 7.55. The fourth-order valence-electron chi connectivity index (χ4n) is 3.66. The highest BCUT2D eigenvalue weighted by Gasteiger charge is 2.18. The minimum absolute atomic E-state index is 0.0338. The SMILES string of the molecule is Cc1ccc(C)c(-c2cc(C(=O)Nc3cccc([N+](=O)[O-])c3C)c3ccccc3n2)c1. The molecule has 4 aromatic rings. The molecule has 0 saturated carbocycles. The number of para-hydroxylation sites is 1. The summed E-state index contributed by atoms with van der Waals surface area (Å²) < 4.78 is 0. The fraction of sp³-hybridized carbons (Fsp3) is 0.120. The zero-order valence-corrected chi connectivity index (χ0v) is 17.5. The molecule has 0 unspecified atom stereocenters. The first-order valence-corrected chi connectivity index (χ1v) is 9.88. The number of nitro benzene ring substituents is 1. The summed E-state index contributed by atoms with van der Waals surface area (Å²) in [5, 5.41) is 14.8. The number of anilines is 1. The molecule has 0 saturated heterocycles. The smallest absolute Gasteiger partial charge is 0.274 e. The molecule has 0 fully saturated rings. The molecule has 0 aliphatic heterocycles. The second kappa shape index (κ2) is 7.99. The van der Waals surface area contributed by atoms with Crippen LogP contribution in [0.5, 0.6) is 0 Å². The number of carbonyl (C=O) groups excluding carboxylic acids is 1. The van der Waals surface area contributed by atoms with Crippen molar-refractivity contribution in [1.29, 1.82) is 0 Å². The third kappa shape index (κ3) is 3.88. The Morgan fingerprint density at radius 2 is 1.74 bits per heavy atom. The summed E-state index contributed by atoms with van der Waals surface area (Å²) >= 11 is 0. The highest BCUT2D eigenvalue weighted by atomic mass is 16.6. The largest absolute Gasteiger partial charge is 0.321 e. The van der Waals surface area contributed by atoms with Crippen molar-refractivity contribution in [3.05, 3.63) is 99.1 Å². The molecule has 6 nitrogen and oxygen atoms in total. The maximum absolute atomic E-state index is 13.3. The summed E-state index contributed by atoms with van der Waals surface area (Å²) in [5.74, 6) is -0.339. The van der Waals surface area contributed by atoms with Gasteiger partial charge in [-0.1, -0.05) is 42.0 Å². The third-order valence-electron chi connectivity index (χ3n) is 5.38. The van der Waals surface area contributed by atoms with Crippen LogP contribution in [0.4, 0.5) is 11.4 Å². The predicted molar refractivity (Wildman–Crippen MR) is 122 cm³/mol. The number of carbonyl (C=O) groups is 1.